The maximum absolute atomic E-state index is 10.1. The highest BCUT2D eigenvalue weighted by Gasteiger charge is 2.10. The third kappa shape index (κ3) is 2.82. The van der Waals surface area contributed by atoms with Crippen LogP contribution in [-0.2, 0) is 4.79 Å². The molecule has 74 valence electrons. The van der Waals surface area contributed by atoms with Crippen LogP contribution in [0.5, 0.6) is 0 Å². The Morgan fingerprint density at radius 2 is 1.64 bits per heavy atom. The molecule has 0 aliphatic rings. The predicted octanol–water partition coefficient (Wildman–Crippen LogP) is 2.10. The van der Waals surface area contributed by atoms with Crippen molar-refractivity contribution in [2.75, 3.05) is 21.1 Å². The van der Waals surface area contributed by atoms with Crippen LogP contribution in [0.25, 0.3) is 6.08 Å². The number of aldehydes is 1. The fraction of sp³-hybridized carbons (Fsp3) is 0.250. The molecule has 2 heteroatoms. The van der Waals surface area contributed by atoms with Crippen LogP contribution in [0.15, 0.2) is 30.3 Å². The van der Waals surface area contributed by atoms with Gasteiger partial charge in [0.25, 0.3) is 0 Å². The Kier molecular flexibility index (Phi) is 3.20. The molecule has 0 unspecified atom stereocenters. The topological polar surface area (TPSA) is 17.1 Å². The second-order valence-corrected chi connectivity index (χ2v) is 4.10. The third-order valence-electron chi connectivity index (χ3n) is 2.03. The molecule has 14 heavy (non-hydrogen) atoms. The lowest BCUT2D eigenvalue weighted by Gasteiger charge is -2.23. The van der Waals surface area contributed by atoms with Crippen molar-refractivity contribution in [3.8, 4) is 0 Å². The van der Waals surface area contributed by atoms with Crippen LogP contribution in [0.4, 0.5) is 5.69 Å². The average Bonchev–Trinajstić information content (AvgIpc) is 2.14. The summed E-state index contributed by atoms with van der Waals surface area (Å²) in [6.07, 6.45) is 4.08. The summed E-state index contributed by atoms with van der Waals surface area (Å²) >= 11 is 0. The van der Waals surface area contributed by atoms with Gasteiger partial charge in [0, 0.05) is 0 Å². The van der Waals surface area contributed by atoms with E-state index in [1.165, 1.54) is 11.8 Å². The summed E-state index contributed by atoms with van der Waals surface area (Å²) in [5.41, 5.74) is 2.29. The van der Waals surface area contributed by atoms with Crippen LogP contribution >= 0.6 is 0 Å². The van der Waals surface area contributed by atoms with Crippen LogP contribution in [-0.4, -0.2) is 27.4 Å². The van der Waals surface area contributed by atoms with Gasteiger partial charge < -0.3 is 0 Å². The minimum absolute atomic E-state index is 0.785. The number of carbonyl (C=O) groups excluding carboxylic acids is 1. The summed E-state index contributed by atoms with van der Waals surface area (Å²) in [5, 5.41) is 0. The Balaban J connectivity index is 2.89. The minimum atomic E-state index is 0.785. The zero-order chi connectivity index (χ0) is 10.6. The van der Waals surface area contributed by atoms with Crippen LogP contribution in [0.3, 0.4) is 0 Å². The van der Waals surface area contributed by atoms with E-state index in [1.807, 2.05) is 12.1 Å². The zero-order valence-corrected chi connectivity index (χ0v) is 8.90. The molecule has 0 saturated carbocycles. The van der Waals surface area contributed by atoms with Crippen LogP contribution in [0, 0.1) is 0 Å². The molecule has 0 aliphatic heterocycles. The van der Waals surface area contributed by atoms with E-state index < -0.39 is 0 Å². The van der Waals surface area contributed by atoms with Gasteiger partial charge in [0.15, 0.2) is 0 Å². The first-order valence-electron chi connectivity index (χ1n) is 4.58. The molecule has 0 amide bonds. The van der Waals surface area contributed by atoms with Gasteiger partial charge in [-0.1, -0.05) is 6.08 Å². The Morgan fingerprint density at radius 1 is 1.07 bits per heavy atom. The Hall–Kier alpha value is -1.41. The second kappa shape index (κ2) is 4.20. The first-order chi connectivity index (χ1) is 6.54. The van der Waals surface area contributed by atoms with Crippen molar-refractivity contribution >= 4 is 18.0 Å². The highest BCUT2D eigenvalue weighted by molar-refractivity contribution is 5.74. The number of rotatable bonds is 3. The van der Waals surface area contributed by atoms with Gasteiger partial charge in [0.1, 0.15) is 12.0 Å². The molecule has 1 aromatic carbocycles. The van der Waals surface area contributed by atoms with Crippen LogP contribution < -0.4 is 4.48 Å². The molecular weight excluding hydrogens is 174 g/mol. The van der Waals surface area contributed by atoms with E-state index in [0.717, 1.165) is 16.3 Å². The standard InChI is InChI=1S/C12H16NO/c1-13(2,3)12-8-6-11(7-9-12)5-4-10-14/h4-10H,1-3H3/q+1/b5-4+. The van der Waals surface area contributed by atoms with Gasteiger partial charge in [-0.15, -0.1) is 0 Å². The highest BCUT2D eigenvalue weighted by atomic mass is 16.1. The fourth-order valence-corrected chi connectivity index (χ4v) is 1.18. The monoisotopic (exact) mass is 190 g/mol. The summed E-state index contributed by atoms with van der Waals surface area (Å²) in [5.74, 6) is 0. The SMILES string of the molecule is C[N+](C)(C)c1ccc(/C=C/C=O)cc1. The maximum Gasteiger partial charge on any atom is 0.142 e. The summed E-state index contributed by atoms with van der Waals surface area (Å²) in [7, 11) is 6.36. The zero-order valence-electron chi connectivity index (χ0n) is 8.90. The summed E-state index contributed by atoms with van der Waals surface area (Å²) in [4.78, 5) is 10.1. The molecule has 0 radical (unpaired) electrons. The van der Waals surface area contributed by atoms with Crippen molar-refractivity contribution in [1.82, 2.24) is 4.48 Å². The fourth-order valence-electron chi connectivity index (χ4n) is 1.18. The molecule has 1 aromatic rings. The van der Waals surface area contributed by atoms with Crippen LogP contribution in [0.2, 0.25) is 0 Å². The number of hydrogen-bond acceptors (Lipinski definition) is 1. The Morgan fingerprint density at radius 3 is 2.07 bits per heavy atom. The number of hydrogen-bond donors (Lipinski definition) is 0. The second-order valence-electron chi connectivity index (χ2n) is 4.10. The lowest BCUT2D eigenvalue weighted by molar-refractivity contribution is -0.104. The molecule has 0 fully saturated rings. The first-order valence-corrected chi connectivity index (χ1v) is 4.58. The largest absolute Gasteiger partial charge is 0.299 e. The van der Waals surface area contributed by atoms with Crippen molar-refractivity contribution in [3.05, 3.63) is 35.9 Å². The van der Waals surface area contributed by atoms with E-state index in [-0.39, 0.29) is 0 Å². The molecule has 1 rings (SSSR count). The number of carbonyl (C=O) groups is 1. The normalized spacial score (nSPS) is 11.9. The van der Waals surface area contributed by atoms with E-state index in [4.69, 9.17) is 0 Å². The lowest BCUT2D eigenvalue weighted by atomic mass is 10.2. The van der Waals surface area contributed by atoms with Gasteiger partial charge >= 0.3 is 0 Å². The summed E-state index contributed by atoms with van der Waals surface area (Å²) in [6.45, 7) is 0. The van der Waals surface area contributed by atoms with Gasteiger partial charge in [-0.05, 0) is 35.9 Å². The first kappa shape index (κ1) is 10.7. The maximum atomic E-state index is 10.1. The van der Waals surface area contributed by atoms with E-state index in [2.05, 4.69) is 33.3 Å². The smallest absolute Gasteiger partial charge is 0.142 e. The number of allylic oxidation sites excluding steroid dienone is 1. The van der Waals surface area contributed by atoms with Crippen molar-refractivity contribution in [2.45, 2.75) is 0 Å². The Labute approximate surface area is 85.1 Å². The van der Waals surface area contributed by atoms with Crippen LogP contribution in [0.1, 0.15) is 5.56 Å². The lowest BCUT2D eigenvalue weighted by Crippen LogP contribution is -2.34. The number of quaternary nitrogens is 1. The molecule has 0 atom stereocenters. The van der Waals surface area contributed by atoms with E-state index >= 15 is 0 Å². The molecule has 0 saturated heterocycles. The van der Waals surface area contributed by atoms with E-state index in [9.17, 15) is 4.79 Å². The quantitative estimate of drug-likeness (QED) is 0.405. The van der Waals surface area contributed by atoms with Gasteiger partial charge in [0.05, 0.1) is 21.1 Å². The predicted molar refractivity (Wildman–Crippen MR) is 61.1 cm³/mol. The molecular formula is C12H16NO+. The summed E-state index contributed by atoms with van der Waals surface area (Å²) < 4.78 is 0.803. The van der Waals surface area contributed by atoms with Gasteiger partial charge in [-0.3, -0.25) is 9.28 Å². The number of benzene rings is 1. The van der Waals surface area contributed by atoms with E-state index in [1.54, 1.807) is 6.08 Å². The minimum Gasteiger partial charge on any atom is -0.299 e. The third-order valence-corrected chi connectivity index (χ3v) is 2.03. The average molecular weight is 190 g/mol. The molecule has 0 aromatic heterocycles. The van der Waals surface area contributed by atoms with Crippen molar-refractivity contribution in [1.29, 1.82) is 0 Å². The number of nitrogens with zero attached hydrogens (tertiary/aromatic N) is 1. The molecule has 0 spiro atoms. The van der Waals surface area contributed by atoms with Crippen molar-refractivity contribution in [2.24, 2.45) is 0 Å². The van der Waals surface area contributed by atoms with Gasteiger partial charge in [-0.2, -0.15) is 0 Å². The summed E-state index contributed by atoms with van der Waals surface area (Å²) in [6, 6.07) is 8.17. The Bertz CT molecular complexity index is 330. The molecule has 0 N–H and O–H groups in total. The van der Waals surface area contributed by atoms with Gasteiger partial charge in [0.2, 0.25) is 0 Å². The molecule has 0 aliphatic carbocycles. The van der Waals surface area contributed by atoms with E-state index in [0.29, 0.717) is 0 Å². The van der Waals surface area contributed by atoms with Crippen molar-refractivity contribution in [3.63, 3.8) is 0 Å². The highest BCUT2D eigenvalue weighted by Crippen LogP contribution is 2.17. The van der Waals surface area contributed by atoms with Crippen molar-refractivity contribution < 1.29 is 4.79 Å². The molecule has 0 bridgehead atoms. The van der Waals surface area contributed by atoms with Gasteiger partial charge in [-0.25, -0.2) is 0 Å². The molecule has 0 heterocycles. The molecule has 2 nitrogen and oxygen atoms in total.